The minimum Gasteiger partial charge on any atom is -0.438 e. The number of hydrogen-bond acceptors (Lipinski definition) is 8. The number of thioether (sulfide) groups is 1. The van der Waals surface area contributed by atoms with Crippen LogP contribution in [0.5, 0.6) is 5.75 Å². The smallest absolute Gasteiger partial charge is 0.230 e. The number of benzene rings is 2. The molecule has 0 aromatic heterocycles. The number of nitrogens with one attached hydrogen (secondary N) is 3. The number of rotatable bonds is 6. The van der Waals surface area contributed by atoms with Crippen LogP contribution in [0.1, 0.15) is 0 Å². The van der Waals surface area contributed by atoms with E-state index in [2.05, 4.69) is 39.9 Å². The highest BCUT2D eigenvalue weighted by molar-refractivity contribution is 8.07. The van der Waals surface area contributed by atoms with E-state index in [1.54, 1.807) is 17.2 Å². The molecule has 2 aliphatic rings. The molecule has 5 N–H and O–H groups in total. The lowest BCUT2D eigenvalue weighted by molar-refractivity contribution is 0.278. The minimum atomic E-state index is 0.418. The quantitative estimate of drug-likeness (QED) is 0.322. The summed E-state index contributed by atoms with van der Waals surface area (Å²) < 4.78 is 6.15. The first kappa shape index (κ1) is 20.2. The van der Waals surface area contributed by atoms with E-state index < -0.39 is 0 Å². The monoisotopic (exact) mass is 422 g/mol. The van der Waals surface area contributed by atoms with Gasteiger partial charge in [-0.3, -0.25) is 15.8 Å². The van der Waals surface area contributed by atoms with E-state index in [1.165, 1.54) is 17.4 Å². The van der Waals surface area contributed by atoms with Gasteiger partial charge in [-0.15, -0.1) is 0 Å². The molecule has 0 unspecified atom stereocenters. The van der Waals surface area contributed by atoms with Crippen molar-refractivity contribution in [2.75, 3.05) is 49.3 Å². The second-order valence-electron chi connectivity index (χ2n) is 7.10. The molecule has 1 fully saturated rings. The van der Waals surface area contributed by atoms with Gasteiger partial charge in [0.05, 0.1) is 16.3 Å². The molecule has 156 valence electrons. The van der Waals surface area contributed by atoms with Crippen molar-refractivity contribution in [3.8, 4) is 5.75 Å². The fraction of sp³-hybridized carbons (Fsp3) is 0.227. The molecule has 0 radical (unpaired) electrons. The minimum absolute atomic E-state index is 0.418. The normalized spacial score (nSPS) is 17.8. The van der Waals surface area contributed by atoms with Crippen molar-refractivity contribution in [1.29, 1.82) is 5.41 Å². The molecule has 0 aliphatic carbocycles. The highest BCUT2D eigenvalue weighted by Gasteiger charge is 2.21. The summed E-state index contributed by atoms with van der Waals surface area (Å²) in [7, 11) is 1.88. The lowest BCUT2D eigenvalue weighted by atomic mass is 10.2. The predicted octanol–water partition coefficient (Wildman–Crippen LogP) is 3.47. The maximum atomic E-state index is 8.22. The molecular formula is C22H26N6OS. The Hall–Kier alpha value is -3.10. The number of ether oxygens (including phenoxy) is 1. The van der Waals surface area contributed by atoms with Gasteiger partial charge in [0.25, 0.3) is 0 Å². The van der Waals surface area contributed by atoms with Gasteiger partial charge in [-0.25, -0.2) is 0 Å². The van der Waals surface area contributed by atoms with Gasteiger partial charge in [0, 0.05) is 50.7 Å². The third kappa shape index (κ3) is 4.72. The molecule has 0 bridgehead atoms. The van der Waals surface area contributed by atoms with Crippen molar-refractivity contribution in [3.63, 3.8) is 0 Å². The topological polar surface area (TPSA) is 89.6 Å². The zero-order chi connectivity index (χ0) is 20.9. The number of hydrazine groups is 1. The van der Waals surface area contributed by atoms with Gasteiger partial charge >= 0.3 is 0 Å². The summed E-state index contributed by atoms with van der Waals surface area (Å²) in [4.78, 5) is 3.12. The Bertz CT molecular complexity index is 966. The summed E-state index contributed by atoms with van der Waals surface area (Å²) in [6, 6.07) is 15.7. The van der Waals surface area contributed by atoms with Gasteiger partial charge < -0.3 is 20.7 Å². The van der Waals surface area contributed by atoms with Crippen LogP contribution >= 0.6 is 11.8 Å². The third-order valence-electron chi connectivity index (χ3n) is 4.88. The molecule has 30 heavy (non-hydrogen) atoms. The van der Waals surface area contributed by atoms with Crippen molar-refractivity contribution in [3.05, 3.63) is 70.8 Å². The second-order valence-corrected chi connectivity index (χ2v) is 8.01. The van der Waals surface area contributed by atoms with Crippen LogP contribution in [0.15, 0.2) is 70.8 Å². The molecular weight excluding hydrogens is 396 g/mol. The fourth-order valence-electron chi connectivity index (χ4n) is 3.35. The van der Waals surface area contributed by atoms with Crippen molar-refractivity contribution < 1.29 is 4.74 Å². The Labute approximate surface area is 181 Å². The molecule has 2 aromatic rings. The zero-order valence-electron chi connectivity index (χ0n) is 16.9. The Kier molecular flexibility index (Phi) is 6.15. The van der Waals surface area contributed by atoms with Crippen LogP contribution in [0.4, 0.5) is 17.1 Å². The predicted molar refractivity (Wildman–Crippen MR) is 126 cm³/mol. The van der Waals surface area contributed by atoms with Crippen LogP contribution in [0.3, 0.4) is 0 Å². The van der Waals surface area contributed by atoms with E-state index in [4.69, 9.17) is 15.9 Å². The molecule has 0 saturated carbocycles. The molecule has 7 nitrogen and oxygen atoms in total. The van der Waals surface area contributed by atoms with Gasteiger partial charge in [0.15, 0.2) is 0 Å². The lowest BCUT2D eigenvalue weighted by Gasteiger charge is -2.30. The molecule has 0 spiro atoms. The van der Waals surface area contributed by atoms with Gasteiger partial charge in [-0.05, 0) is 47.9 Å². The highest BCUT2D eigenvalue weighted by atomic mass is 32.2. The Morgan fingerprint density at radius 1 is 1.20 bits per heavy atom. The summed E-state index contributed by atoms with van der Waals surface area (Å²) in [5.74, 6) is 1.17. The summed E-state index contributed by atoms with van der Waals surface area (Å²) in [6.07, 6.45) is 1.76. The van der Waals surface area contributed by atoms with E-state index in [0.717, 1.165) is 36.8 Å². The Balaban J connectivity index is 1.52. The Morgan fingerprint density at radius 3 is 2.63 bits per heavy atom. The molecule has 0 atom stereocenters. The van der Waals surface area contributed by atoms with Crippen LogP contribution in [0.2, 0.25) is 0 Å². The first-order chi connectivity index (χ1) is 14.6. The number of piperazine rings is 1. The van der Waals surface area contributed by atoms with Crippen LogP contribution in [0, 0.1) is 5.41 Å². The Morgan fingerprint density at radius 2 is 1.97 bits per heavy atom. The molecule has 1 saturated heterocycles. The standard InChI is InChI=1S/C22H26N6OS/c1-27(26-17-5-7-18(8-6-17)28-12-10-25-11-13-28)22(21-20(24)9-14-30-21)29-19-4-2-3-16(23)15-19/h2-9,14-15,24-26H,10-13,23H2,1H3/b22-21-,24-20?. The molecule has 2 aromatic carbocycles. The number of anilines is 3. The first-order valence-electron chi connectivity index (χ1n) is 9.86. The molecule has 0 amide bonds. The average Bonchev–Trinajstić information content (AvgIpc) is 3.19. The number of nitrogens with two attached hydrogens (primary N) is 1. The largest absolute Gasteiger partial charge is 0.438 e. The summed E-state index contributed by atoms with van der Waals surface area (Å²) in [6.45, 7) is 4.06. The molecule has 2 heterocycles. The number of hydrogen-bond donors (Lipinski definition) is 4. The highest BCUT2D eigenvalue weighted by Crippen LogP contribution is 2.32. The number of nitrogen functional groups attached to an aromatic ring is 1. The average molecular weight is 423 g/mol. The van der Waals surface area contributed by atoms with E-state index in [-0.39, 0.29) is 0 Å². The number of allylic oxidation sites excluding steroid dienone is 2. The lowest BCUT2D eigenvalue weighted by Crippen LogP contribution is -2.43. The summed E-state index contributed by atoms with van der Waals surface area (Å²) >= 11 is 1.47. The van der Waals surface area contributed by atoms with E-state index in [1.807, 2.05) is 30.7 Å². The van der Waals surface area contributed by atoms with Gasteiger partial charge in [-0.2, -0.15) is 0 Å². The first-order valence-corrected chi connectivity index (χ1v) is 10.7. The van der Waals surface area contributed by atoms with Gasteiger partial charge in [-0.1, -0.05) is 17.8 Å². The summed E-state index contributed by atoms with van der Waals surface area (Å²) in [5, 5.41) is 15.3. The van der Waals surface area contributed by atoms with Crippen molar-refractivity contribution in [2.24, 2.45) is 0 Å². The zero-order valence-corrected chi connectivity index (χ0v) is 17.7. The van der Waals surface area contributed by atoms with E-state index in [0.29, 0.717) is 23.0 Å². The van der Waals surface area contributed by atoms with Crippen LogP contribution in [-0.4, -0.2) is 43.9 Å². The SMILES string of the molecule is CN(Nc1ccc(N2CCNCC2)cc1)/C(Oc1cccc(N)c1)=C1/SC=CC1=N. The van der Waals surface area contributed by atoms with Crippen LogP contribution in [0.25, 0.3) is 0 Å². The van der Waals surface area contributed by atoms with Crippen molar-refractivity contribution >= 4 is 34.5 Å². The third-order valence-corrected chi connectivity index (χ3v) is 5.79. The van der Waals surface area contributed by atoms with Crippen LogP contribution < -0.4 is 26.1 Å². The molecule has 2 aliphatic heterocycles. The molecule has 8 heteroatoms. The maximum absolute atomic E-state index is 8.22. The van der Waals surface area contributed by atoms with E-state index >= 15 is 0 Å². The van der Waals surface area contributed by atoms with Crippen molar-refractivity contribution in [1.82, 2.24) is 10.3 Å². The maximum Gasteiger partial charge on any atom is 0.230 e. The van der Waals surface area contributed by atoms with Crippen LogP contribution in [-0.2, 0) is 0 Å². The number of nitrogens with zero attached hydrogens (tertiary/aromatic N) is 2. The second kappa shape index (κ2) is 9.15. The van der Waals surface area contributed by atoms with Gasteiger partial charge in [0.1, 0.15) is 5.75 Å². The fourth-order valence-corrected chi connectivity index (χ4v) is 4.16. The van der Waals surface area contributed by atoms with Crippen molar-refractivity contribution in [2.45, 2.75) is 0 Å². The summed E-state index contributed by atoms with van der Waals surface area (Å²) in [5.41, 5.74) is 12.5. The molecule has 4 rings (SSSR count). The van der Waals surface area contributed by atoms with E-state index in [9.17, 15) is 0 Å². The van der Waals surface area contributed by atoms with Gasteiger partial charge in [0.2, 0.25) is 5.88 Å².